The van der Waals surface area contributed by atoms with Crippen LogP contribution in [0.1, 0.15) is 64.7 Å². The fourth-order valence-electron chi connectivity index (χ4n) is 4.77. The maximum absolute atomic E-state index is 5.75. The zero-order valence-corrected chi connectivity index (χ0v) is 12.6. The van der Waals surface area contributed by atoms with Gasteiger partial charge in [-0.1, -0.05) is 19.8 Å². The van der Waals surface area contributed by atoms with Gasteiger partial charge in [0.05, 0.1) is 6.10 Å². The molecule has 4 unspecified atom stereocenters. The van der Waals surface area contributed by atoms with Crippen LogP contribution in [0.5, 0.6) is 0 Å². The van der Waals surface area contributed by atoms with Crippen LogP contribution >= 0.6 is 0 Å². The van der Waals surface area contributed by atoms with Crippen LogP contribution in [-0.2, 0) is 4.74 Å². The molecule has 0 aromatic carbocycles. The first kappa shape index (κ1) is 13.9. The topological polar surface area (TPSA) is 21.3 Å². The smallest absolute Gasteiger partial charge is 0.0576 e. The molecule has 1 aliphatic heterocycles. The average molecular weight is 265 g/mol. The predicted octanol–water partition coefficient (Wildman–Crippen LogP) is 3.75. The molecule has 0 amide bonds. The first-order valence-corrected chi connectivity index (χ1v) is 8.75. The van der Waals surface area contributed by atoms with Gasteiger partial charge in [0, 0.05) is 12.6 Å². The van der Waals surface area contributed by atoms with Crippen molar-refractivity contribution < 1.29 is 4.74 Å². The van der Waals surface area contributed by atoms with Crippen molar-refractivity contribution >= 4 is 0 Å². The Morgan fingerprint density at radius 3 is 2.53 bits per heavy atom. The summed E-state index contributed by atoms with van der Waals surface area (Å²) in [7, 11) is 0. The van der Waals surface area contributed by atoms with Crippen LogP contribution in [-0.4, -0.2) is 25.3 Å². The van der Waals surface area contributed by atoms with E-state index in [0.717, 1.165) is 36.9 Å². The lowest BCUT2D eigenvalue weighted by molar-refractivity contribution is 0.101. The average Bonchev–Trinajstić information content (AvgIpc) is 2.92. The normalized spacial score (nSPS) is 39.0. The lowest BCUT2D eigenvalue weighted by Crippen LogP contribution is -2.32. The minimum Gasteiger partial charge on any atom is -0.378 e. The molecule has 3 aliphatic rings. The van der Waals surface area contributed by atoms with Gasteiger partial charge in [-0.25, -0.2) is 0 Å². The van der Waals surface area contributed by atoms with Crippen LogP contribution in [0.4, 0.5) is 0 Å². The number of hydrogen-bond acceptors (Lipinski definition) is 2. The summed E-state index contributed by atoms with van der Waals surface area (Å²) in [5.74, 6) is 3.19. The van der Waals surface area contributed by atoms with Crippen molar-refractivity contribution in [3.8, 4) is 0 Å². The summed E-state index contributed by atoms with van der Waals surface area (Å²) < 4.78 is 5.75. The minimum absolute atomic E-state index is 0.587. The summed E-state index contributed by atoms with van der Waals surface area (Å²) in [6, 6.07) is 0.805. The maximum Gasteiger partial charge on any atom is 0.0576 e. The molecule has 2 saturated carbocycles. The quantitative estimate of drug-likeness (QED) is 0.757. The molecule has 1 heterocycles. The summed E-state index contributed by atoms with van der Waals surface area (Å²) in [5.41, 5.74) is 0. The molecular weight excluding hydrogens is 234 g/mol. The molecule has 1 saturated heterocycles. The van der Waals surface area contributed by atoms with E-state index in [9.17, 15) is 0 Å². The molecule has 2 aliphatic carbocycles. The van der Waals surface area contributed by atoms with E-state index in [1.807, 2.05) is 0 Å². The maximum atomic E-state index is 5.75. The second kappa shape index (κ2) is 6.58. The van der Waals surface area contributed by atoms with Gasteiger partial charge in [0.15, 0.2) is 0 Å². The van der Waals surface area contributed by atoms with Gasteiger partial charge in [0.2, 0.25) is 0 Å². The number of nitrogens with one attached hydrogen (secondary N) is 1. The van der Waals surface area contributed by atoms with Crippen LogP contribution in [0, 0.1) is 17.8 Å². The summed E-state index contributed by atoms with van der Waals surface area (Å²) in [4.78, 5) is 0. The van der Waals surface area contributed by atoms with Crippen molar-refractivity contribution in [3.05, 3.63) is 0 Å². The molecular formula is C17H31NO. The predicted molar refractivity (Wildman–Crippen MR) is 79.2 cm³/mol. The standard InChI is InChI=1S/C17H31NO/c1-2-18-16(11-5-7-13-8-6-12-19-13)17-14-9-3-4-10-15(14)17/h13-18H,2-12H2,1H3. The largest absolute Gasteiger partial charge is 0.378 e. The third-order valence-electron chi connectivity index (χ3n) is 5.72. The van der Waals surface area contributed by atoms with E-state index in [4.69, 9.17) is 4.74 Å². The molecule has 1 N–H and O–H groups in total. The highest BCUT2D eigenvalue weighted by atomic mass is 16.5. The highest BCUT2D eigenvalue weighted by Gasteiger charge is 2.53. The fourth-order valence-corrected chi connectivity index (χ4v) is 4.77. The van der Waals surface area contributed by atoms with E-state index >= 15 is 0 Å². The van der Waals surface area contributed by atoms with Gasteiger partial charge in [0.25, 0.3) is 0 Å². The molecule has 0 radical (unpaired) electrons. The number of fused-ring (bicyclic) bond motifs is 1. The Morgan fingerprint density at radius 1 is 1.11 bits per heavy atom. The van der Waals surface area contributed by atoms with Crippen molar-refractivity contribution in [1.82, 2.24) is 5.32 Å². The van der Waals surface area contributed by atoms with E-state index in [1.165, 1.54) is 57.8 Å². The summed E-state index contributed by atoms with van der Waals surface area (Å²) in [5, 5.41) is 3.79. The molecule has 19 heavy (non-hydrogen) atoms. The molecule has 0 aromatic rings. The Morgan fingerprint density at radius 2 is 1.89 bits per heavy atom. The molecule has 2 heteroatoms. The number of rotatable bonds is 7. The van der Waals surface area contributed by atoms with E-state index in [1.54, 1.807) is 0 Å². The molecule has 4 atom stereocenters. The lowest BCUT2D eigenvalue weighted by atomic mass is 10.00. The highest BCUT2D eigenvalue weighted by Crippen LogP contribution is 2.57. The van der Waals surface area contributed by atoms with Crippen LogP contribution in [0.15, 0.2) is 0 Å². The Bertz CT molecular complexity index is 262. The van der Waals surface area contributed by atoms with Gasteiger partial charge in [-0.15, -0.1) is 0 Å². The van der Waals surface area contributed by atoms with Crippen LogP contribution < -0.4 is 5.32 Å². The number of hydrogen-bond donors (Lipinski definition) is 1. The van der Waals surface area contributed by atoms with Crippen molar-refractivity contribution in [2.75, 3.05) is 13.2 Å². The Labute approximate surface area is 118 Å². The first-order valence-electron chi connectivity index (χ1n) is 8.75. The summed E-state index contributed by atoms with van der Waals surface area (Å²) in [6.45, 7) is 4.41. The van der Waals surface area contributed by atoms with Crippen LogP contribution in [0.2, 0.25) is 0 Å². The minimum atomic E-state index is 0.587. The Hall–Kier alpha value is -0.0800. The van der Waals surface area contributed by atoms with Gasteiger partial charge < -0.3 is 10.1 Å². The molecule has 0 bridgehead atoms. The van der Waals surface area contributed by atoms with Gasteiger partial charge in [-0.2, -0.15) is 0 Å². The second-order valence-corrected chi connectivity index (χ2v) is 6.92. The SMILES string of the molecule is CCNC(CCCC1CCCO1)C1C2CCCCC21. The van der Waals surface area contributed by atoms with Crippen molar-refractivity contribution in [2.24, 2.45) is 17.8 Å². The van der Waals surface area contributed by atoms with Crippen LogP contribution in [0.3, 0.4) is 0 Å². The van der Waals surface area contributed by atoms with E-state index < -0.39 is 0 Å². The van der Waals surface area contributed by atoms with Gasteiger partial charge in [-0.3, -0.25) is 0 Å². The molecule has 3 rings (SSSR count). The third-order valence-corrected chi connectivity index (χ3v) is 5.72. The zero-order chi connectivity index (χ0) is 13.1. The van der Waals surface area contributed by atoms with Crippen LogP contribution in [0.25, 0.3) is 0 Å². The van der Waals surface area contributed by atoms with Gasteiger partial charge in [-0.05, 0) is 69.2 Å². The van der Waals surface area contributed by atoms with Crippen molar-refractivity contribution in [3.63, 3.8) is 0 Å². The Balaban J connectivity index is 1.42. The summed E-state index contributed by atoms with van der Waals surface area (Å²) in [6.07, 6.45) is 13.2. The van der Waals surface area contributed by atoms with Gasteiger partial charge in [0.1, 0.15) is 0 Å². The van der Waals surface area contributed by atoms with Gasteiger partial charge >= 0.3 is 0 Å². The van der Waals surface area contributed by atoms with E-state index in [0.29, 0.717) is 6.10 Å². The first-order chi connectivity index (χ1) is 9.40. The number of ether oxygens (including phenoxy) is 1. The molecule has 0 spiro atoms. The fraction of sp³-hybridized carbons (Fsp3) is 1.00. The highest BCUT2D eigenvalue weighted by molar-refractivity contribution is 5.04. The molecule has 110 valence electrons. The molecule has 3 fully saturated rings. The summed E-state index contributed by atoms with van der Waals surface area (Å²) >= 11 is 0. The van der Waals surface area contributed by atoms with E-state index in [-0.39, 0.29) is 0 Å². The van der Waals surface area contributed by atoms with Crippen molar-refractivity contribution in [2.45, 2.75) is 76.9 Å². The zero-order valence-electron chi connectivity index (χ0n) is 12.6. The monoisotopic (exact) mass is 265 g/mol. The molecule has 0 aromatic heterocycles. The van der Waals surface area contributed by atoms with E-state index in [2.05, 4.69) is 12.2 Å². The second-order valence-electron chi connectivity index (χ2n) is 6.92. The molecule has 2 nitrogen and oxygen atoms in total. The Kier molecular flexibility index (Phi) is 4.81. The lowest BCUT2D eigenvalue weighted by Gasteiger charge is -2.19. The van der Waals surface area contributed by atoms with Crippen molar-refractivity contribution in [1.29, 1.82) is 0 Å². The third kappa shape index (κ3) is 3.33.